The second-order valence-corrected chi connectivity index (χ2v) is 11.9. The Hall–Kier alpha value is -2.44. The molecule has 0 atom stereocenters. The predicted octanol–water partition coefficient (Wildman–Crippen LogP) is 4.11. The van der Waals surface area contributed by atoms with Gasteiger partial charge in [-0.05, 0) is 18.3 Å². The summed E-state index contributed by atoms with van der Waals surface area (Å²) in [7, 11) is 0. The van der Waals surface area contributed by atoms with Crippen LogP contribution in [0.5, 0.6) is 0 Å². The third-order valence-electron chi connectivity index (χ3n) is 7.41. The molecule has 40 heavy (non-hydrogen) atoms. The van der Waals surface area contributed by atoms with E-state index < -0.39 is 0 Å². The number of benzene rings is 4. The minimum absolute atomic E-state index is 0. The third kappa shape index (κ3) is 6.71. The molecule has 1 aliphatic rings. The molecule has 0 unspecified atom stereocenters. The molecule has 5 aromatic carbocycles. The van der Waals surface area contributed by atoms with E-state index in [4.69, 9.17) is 0 Å². The standard InChI is InChI=1S/C24H25.C13H10.2ClH.Zr/c1-15(2)20-14-21(17-9-5-6-10-17)22-13-18-11-7-8-12-19(18)24(22)23(20)16(3)4;1-3-7-12(8-4-1)11-13-9-5-2-6-10-13;;;/h5-9,11-16H,10H2,1-4H3;1-10H;2*1H;/q-1;;;;+2/p-2. The summed E-state index contributed by atoms with van der Waals surface area (Å²) in [5.41, 5.74) is 8.59. The molecule has 0 nitrogen and oxygen atoms in total. The fourth-order valence-electron chi connectivity index (χ4n) is 5.57. The number of allylic oxidation sites excluding steroid dienone is 4. The number of rotatable bonds is 5. The van der Waals surface area contributed by atoms with Crippen LogP contribution in [0, 0.1) is 0 Å². The summed E-state index contributed by atoms with van der Waals surface area (Å²) in [5.74, 6) is 1.06. The van der Waals surface area contributed by atoms with Crippen molar-refractivity contribution in [1.29, 1.82) is 0 Å². The maximum absolute atomic E-state index is 2.47. The maximum atomic E-state index is 2.47. The first-order chi connectivity index (χ1) is 18.5. The zero-order valence-electron chi connectivity index (χ0n) is 23.6. The Kier molecular flexibility index (Phi) is 11.6. The first kappa shape index (κ1) is 32.1. The molecule has 0 aromatic heterocycles. The van der Waals surface area contributed by atoms with Crippen molar-refractivity contribution in [3.63, 3.8) is 0 Å². The van der Waals surface area contributed by atoms with E-state index in [2.05, 4.69) is 143 Å². The Morgan fingerprint density at radius 2 is 1.32 bits per heavy atom. The minimum atomic E-state index is 0. The van der Waals surface area contributed by atoms with E-state index in [-0.39, 0.29) is 24.8 Å². The summed E-state index contributed by atoms with van der Waals surface area (Å²) in [6.07, 6.45) is 7.78. The zero-order chi connectivity index (χ0) is 26.6. The quantitative estimate of drug-likeness (QED) is 0.254. The molecule has 6 rings (SSSR count). The average Bonchev–Trinajstić information content (AvgIpc) is 3.62. The normalized spacial score (nSPS) is 12.2. The van der Waals surface area contributed by atoms with E-state index >= 15 is 0 Å². The van der Waals surface area contributed by atoms with Crippen molar-refractivity contribution in [2.24, 2.45) is 0 Å². The van der Waals surface area contributed by atoms with Crippen LogP contribution in [0.25, 0.3) is 27.1 Å². The number of fused-ring (bicyclic) bond motifs is 3. The number of hydrogen-bond donors (Lipinski definition) is 0. The van der Waals surface area contributed by atoms with Crippen molar-refractivity contribution in [2.75, 3.05) is 0 Å². The molecular weight excluding hydrogens is 607 g/mol. The Morgan fingerprint density at radius 1 is 0.750 bits per heavy atom. The van der Waals surface area contributed by atoms with Gasteiger partial charge in [-0.2, -0.15) is 0 Å². The molecule has 1 aliphatic carbocycles. The first-order valence-electron chi connectivity index (χ1n) is 13.7. The Labute approximate surface area is 266 Å². The molecule has 3 heteroatoms. The molecule has 0 aliphatic heterocycles. The molecule has 202 valence electrons. The van der Waals surface area contributed by atoms with Gasteiger partial charge in [-0.25, -0.2) is 0 Å². The van der Waals surface area contributed by atoms with Crippen LogP contribution < -0.4 is 24.8 Å². The van der Waals surface area contributed by atoms with E-state index in [9.17, 15) is 0 Å². The van der Waals surface area contributed by atoms with E-state index in [0.717, 1.165) is 6.42 Å². The van der Waals surface area contributed by atoms with Gasteiger partial charge in [-0.15, -0.1) is 33.7 Å². The molecule has 0 saturated heterocycles. The predicted molar refractivity (Wildman–Crippen MR) is 163 cm³/mol. The molecule has 0 bridgehead atoms. The van der Waals surface area contributed by atoms with Crippen LogP contribution >= 0.6 is 0 Å². The number of halogens is 2. The monoisotopic (exact) mass is 639 g/mol. The van der Waals surface area contributed by atoms with Gasteiger partial charge >= 0.3 is 99.2 Å². The van der Waals surface area contributed by atoms with Gasteiger partial charge in [0.15, 0.2) is 0 Å². The summed E-state index contributed by atoms with van der Waals surface area (Å²) >= 11 is 1.46. The molecule has 0 N–H and O–H groups in total. The van der Waals surface area contributed by atoms with Crippen molar-refractivity contribution >= 4 is 30.3 Å². The number of hydrogen-bond acceptors (Lipinski definition) is 0. The molecule has 0 spiro atoms. The van der Waals surface area contributed by atoms with Gasteiger partial charge in [0.25, 0.3) is 0 Å². The van der Waals surface area contributed by atoms with Gasteiger partial charge in [0, 0.05) is 0 Å². The first-order valence-corrected chi connectivity index (χ1v) is 14.9. The Morgan fingerprint density at radius 3 is 1.85 bits per heavy atom. The van der Waals surface area contributed by atoms with Crippen molar-refractivity contribution in [3.05, 3.63) is 143 Å². The summed E-state index contributed by atoms with van der Waals surface area (Å²) in [6.45, 7) is 9.31. The van der Waals surface area contributed by atoms with Crippen LogP contribution in [0.3, 0.4) is 0 Å². The van der Waals surface area contributed by atoms with Crippen LogP contribution in [-0.4, -0.2) is 3.21 Å². The fraction of sp³-hybridized carbons (Fsp3) is 0.189. The third-order valence-corrected chi connectivity index (χ3v) is 8.83. The second kappa shape index (κ2) is 14.5. The van der Waals surface area contributed by atoms with Gasteiger partial charge in [-0.1, -0.05) is 92.5 Å². The molecular formula is C37H35Cl2Zr-. The SMILES string of the molecule is CC(C)c1cc(C2=CC=CC2)c2[cH-]c3ccccc3c2c1C(C)C.[Cl-].[Cl-].[Zr+2]=[C](c1ccccc1)c1ccccc1. The molecule has 0 fully saturated rings. The van der Waals surface area contributed by atoms with Crippen LogP contribution in [0.1, 0.15) is 73.8 Å². The Balaban J connectivity index is 0.000000238. The second-order valence-electron chi connectivity index (χ2n) is 10.7. The van der Waals surface area contributed by atoms with Gasteiger partial charge in [0.05, 0.1) is 0 Å². The molecule has 5 aromatic rings. The van der Waals surface area contributed by atoms with Crippen molar-refractivity contribution < 1.29 is 49.0 Å². The molecule has 0 saturated carbocycles. The van der Waals surface area contributed by atoms with E-state index in [0.29, 0.717) is 11.8 Å². The summed E-state index contributed by atoms with van der Waals surface area (Å²) in [5, 5.41) is 5.68. The Bertz CT molecular complexity index is 1600. The average molecular weight is 642 g/mol. The van der Waals surface area contributed by atoms with E-state index in [1.165, 1.54) is 82.4 Å². The van der Waals surface area contributed by atoms with Crippen LogP contribution in [0.15, 0.2) is 115 Å². The van der Waals surface area contributed by atoms with Gasteiger partial charge in [-0.3, -0.25) is 0 Å². The van der Waals surface area contributed by atoms with Gasteiger partial charge in [0.1, 0.15) is 0 Å². The van der Waals surface area contributed by atoms with Crippen LogP contribution in [-0.2, 0) is 24.2 Å². The fourth-order valence-corrected chi connectivity index (χ4v) is 6.39. The van der Waals surface area contributed by atoms with Crippen LogP contribution in [0.4, 0.5) is 0 Å². The van der Waals surface area contributed by atoms with E-state index in [1.54, 1.807) is 0 Å². The van der Waals surface area contributed by atoms with Crippen molar-refractivity contribution in [1.82, 2.24) is 0 Å². The van der Waals surface area contributed by atoms with Crippen LogP contribution in [0.2, 0.25) is 0 Å². The summed E-state index contributed by atoms with van der Waals surface area (Å²) in [4.78, 5) is 0. The summed E-state index contributed by atoms with van der Waals surface area (Å²) < 4.78 is 1.42. The zero-order valence-corrected chi connectivity index (χ0v) is 27.6. The molecule has 0 amide bonds. The van der Waals surface area contributed by atoms with Crippen molar-refractivity contribution in [2.45, 2.75) is 46.0 Å². The molecule has 0 radical (unpaired) electrons. The summed E-state index contributed by atoms with van der Waals surface area (Å²) in [6, 6.07) is 34.8. The van der Waals surface area contributed by atoms with Gasteiger partial charge in [0.2, 0.25) is 0 Å². The van der Waals surface area contributed by atoms with Gasteiger partial charge < -0.3 is 24.8 Å². The topological polar surface area (TPSA) is 0 Å². The van der Waals surface area contributed by atoms with Crippen molar-refractivity contribution in [3.8, 4) is 0 Å². The molecule has 0 heterocycles. The van der Waals surface area contributed by atoms with E-state index in [1.807, 2.05) is 0 Å².